The molecular formula is C13H18N4O2S. The van der Waals surface area contributed by atoms with Crippen LogP contribution in [0.3, 0.4) is 0 Å². The number of benzene rings is 1. The standard InChI is InChI=1S/C13H18N4O2S/c1-8-9(2)11(4)13(12(5)10(8)3)20(18,19)16-17-6-14-15-7-17/h6-7,16H,1-5H3. The van der Waals surface area contributed by atoms with Gasteiger partial charge in [0.1, 0.15) is 12.7 Å². The van der Waals surface area contributed by atoms with Crippen molar-refractivity contribution in [2.75, 3.05) is 4.83 Å². The Kier molecular flexibility index (Phi) is 3.56. The summed E-state index contributed by atoms with van der Waals surface area (Å²) in [5, 5.41) is 7.16. The maximum Gasteiger partial charge on any atom is 0.275 e. The molecule has 20 heavy (non-hydrogen) atoms. The molecule has 0 saturated heterocycles. The number of nitrogens with one attached hydrogen (secondary N) is 1. The molecule has 0 unspecified atom stereocenters. The maximum absolute atomic E-state index is 12.6. The number of rotatable bonds is 3. The third kappa shape index (κ3) is 2.29. The molecule has 0 aliphatic rings. The molecule has 1 aromatic carbocycles. The van der Waals surface area contributed by atoms with E-state index < -0.39 is 10.0 Å². The molecule has 0 aliphatic carbocycles. The van der Waals surface area contributed by atoms with Crippen LogP contribution >= 0.6 is 0 Å². The average Bonchev–Trinajstić information content (AvgIpc) is 2.86. The molecule has 0 radical (unpaired) electrons. The fourth-order valence-electron chi connectivity index (χ4n) is 2.30. The molecule has 1 N–H and O–H groups in total. The Labute approximate surface area is 118 Å². The molecule has 0 aliphatic heterocycles. The van der Waals surface area contributed by atoms with Gasteiger partial charge in [-0.2, -0.15) is 8.42 Å². The number of hydrogen-bond donors (Lipinski definition) is 1. The highest BCUT2D eigenvalue weighted by molar-refractivity contribution is 7.92. The zero-order valence-electron chi connectivity index (χ0n) is 12.2. The first-order valence-corrected chi connectivity index (χ1v) is 7.68. The molecule has 108 valence electrons. The average molecular weight is 294 g/mol. The number of hydrogen-bond acceptors (Lipinski definition) is 4. The quantitative estimate of drug-likeness (QED) is 0.935. The summed E-state index contributed by atoms with van der Waals surface area (Å²) in [7, 11) is -3.67. The Bertz CT molecular complexity index is 720. The van der Waals surface area contributed by atoms with Gasteiger partial charge in [0, 0.05) is 0 Å². The Morgan fingerprint density at radius 3 is 1.70 bits per heavy atom. The van der Waals surface area contributed by atoms with Gasteiger partial charge in [0.2, 0.25) is 0 Å². The van der Waals surface area contributed by atoms with E-state index >= 15 is 0 Å². The summed E-state index contributed by atoms with van der Waals surface area (Å²) in [4.78, 5) is 2.76. The Hall–Kier alpha value is -1.89. The van der Waals surface area contributed by atoms with E-state index in [2.05, 4.69) is 15.0 Å². The van der Waals surface area contributed by atoms with Crippen molar-refractivity contribution < 1.29 is 8.42 Å². The first kappa shape index (κ1) is 14.5. The minimum absolute atomic E-state index is 0.326. The summed E-state index contributed by atoms with van der Waals surface area (Å²) in [5.74, 6) is 0. The molecule has 2 rings (SSSR count). The van der Waals surface area contributed by atoms with Crippen molar-refractivity contribution in [1.29, 1.82) is 0 Å². The molecule has 0 fully saturated rings. The normalized spacial score (nSPS) is 11.7. The van der Waals surface area contributed by atoms with E-state index in [1.165, 1.54) is 17.3 Å². The van der Waals surface area contributed by atoms with Crippen LogP contribution in [0.2, 0.25) is 0 Å². The van der Waals surface area contributed by atoms with E-state index in [1.807, 2.05) is 34.6 Å². The van der Waals surface area contributed by atoms with Crippen molar-refractivity contribution in [3.8, 4) is 0 Å². The lowest BCUT2D eigenvalue weighted by Crippen LogP contribution is -2.24. The van der Waals surface area contributed by atoms with Crippen molar-refractivity contribution in [1.82, 2.24) is 14.9 Å². The van der Waals surface area contributed by atoms with Gasteiger partial charge >= 0.3 is 0 Å². The molecule has 1 heterocycles. The summed E-state index contributed by atoms with van der Waals surface area (Å²) >= 11 is 0. The minimum Gasteiger partial charge on any atom is -0.221 e. The summed E-state index contributed by atoms with van der Waals surface area (Å²) in [6.45, 7) is 9.54. The van der Waals surface area contributed by atoms with Crippen molar-refractivity contribution >= 4 is 10.0 Å². The van der Waals surface area contributed by atoms with Crippen LogP contribution in [0.1, 0.15) is 27.8 Å². The van der Waals surface area contributed by atoms with E-state index in [9.17, 15) is 8.42 Å². The molecule has 0 amide bonds. The summed E-state index contributed by atoms with van der Waals surface area (Å²) in [6, 6.07) is 0. The van der Waals surface area contributed by atoms with E-state index in [4.69, 9.17) is 0 Å². The first-order valence-electron chi connectivity index (χ1n) is 6.20. The van der Waals surface area contributed by atoms with Gasteiger partial charge < -0.3 is 0 Å². The van der Waals surface area contributed by atoms with Crippen molar-refractivity contribution in [2.45, 2.75) is 39.5 Å². The lowest BCUT2D eigenvalue weighted by molar-refractivity contribution is 0.593. The second-order valence-corrected chi connectivity index (χ2v) is 6.52. The van der Waals surface area contributed by atoms with Gasteiger partial charge in [0.25, 0.3) is 10.0 Å². The van der Waals surface area contributed by atoms with Gasteiger partial charge in [0.15, 0.2) is 0 Å². The predicted octanol–water partition coefficient (Wildman–Crippen LogP) is 1.75. The third-order valence-electron chi connectivity index (χ3n) is 3.84. The van der Waals surface area contributed by atoms with Crippen LogP contribution in [-0.2, 0) is 10.0 Å². The smallest absolute Gasteiger partial charge is 0.221 e. The second-order valence-electron chi connectivity index (χ2n) is 4.92. The molecular weight excluding hydrogens is 276 g/mol. The van der Waals surface area contributed by atoms with Crippen molar-refractivity contribution in [3.05, 3.63) is 40.5 Å². The summed E-state index contributed by atoms with van der Waals surface area (Å²) in [6.07, 6.45) is 2.60. The van der Waals surface area contributed by atoms with Crippen LogP contribution in [0.4, 0.5) is 0 Å². The van der Waals surface area contributed by atoms with Crippen LogP contribution in [0.25, 0.3) is 0 Å². The van der Waals surface area contributed by atoms with Gasteiger partial charge in [-0.05, 0) is 62.4 Å². The fourth-order valence-corrected chi connectivity index (χ4v) is 3.88. The van der Waals surface area contributed by atoms with Gasteiger partial charge in [-0.1, -0.05) is 0 Å². The SMILES string of the molecule is Cc1c(C)c(C)c(S(=O)(=O)Nn2cnnc2)c(C)c1C. The molecule has 0 spiro atoms. The number of nitrogens with zero attached hydrogens (tertiary/aromatic N) is 3. The lowest BCUT2D eigenvalue weighted by Gasteiger charge is -2.19. The number of sulfonamides is 1. The van der Waals surface area contributed by atoms with Gasteiger partial charge in [-0.15, -0.1) is 10.2 Å². The predicted molar refractivity (Wildman–Crippen MR) is 76.7 cm³/mol. The molecule has 0 saturated carbocycles. The fraction of sp³-hybridized carbons (Fsp3) is 0.385. The van der Waals surface area contributed by atoms with Crippen molar-refractivity contribution in [3.63, 3.8) is 0 Å². The van der Waals surface area contributed by atoms with Gasteiger partial charge in [0.05, 0.1) is 4.90 Å². The molecule has 0 atom stereocenters. The van der Waals surface area contributed by atoms with E-state index in [0.29, 0.717) is 4.90 Å². The second kappa shape index (κ2) is 4.90. The van der Waals surface area contributed by atoms with Crippen LogP contribution in [0, 0.1) is 34.6 Å². The van der Waals surface area contributed by atoms with Crippen LogP contribution in [-0.4, -0.2) is 23.3 Å². The largest absolute Gasteiger partial charge is 0.275 e. The summed E-state index contributed by atoms with van der Waals surface area (Å²) in [5.41, 5.74) is 4.66. The third-order valence-corrected chi connectivity index (χ3v) is 5.45. The monoisotopic (exact) mass is 294 g/mol. The van der Waals surface area contributed by atoms with Crippen LogP contribution in [0.5, 0.6) is 0 Å². The number of aromatic nitrogens is 3. The highest BCUT2D eigenvalue weighted by Crippen LogP contribution is 2.29. The lowest BCUT2D eigenvalue weighted by atomic mass is 9.95. The molecule has 7 heteroatoms. The molecule has 1 aromatic heterocycles. The Morgan fingerprint density at radius 2 is 1.25 bits per heavy atom. The zero-order valence-corrected chi connectivity index (χ0v) is 13.0. The highest BCUT2D eigenvalue weighted by atomic mass is 32.2. The van der Waals surface area contributed by atoms with E-state index in [1.54, 1.807) is 0 Å². The minimum atomic E-state index is -3.67. The van der Waals surface area contributed by atoms with Crippen molar-refractivity contribution in [2.24, 2.45) is 0 Å². The van der Waals surface area contributed by atoms with Crippen LogP contribution < -0.4 is 4.83 Å². The molecule has 0 bridgehead atoms. The van der Waals surface area contributed by atoms with E-state index in [0.717, 1.165) is 27.8 Å². The Balaban J connectivity index is 2.63. The maximum atomic E-state index is 12.6. The summed E-state index contributed by atoms with van der Waals surface area (Å²) < 4.78 is 26.4. The first-order chi connectivity index (χ1) is 9.25. The Morgan fingerprint density at radius 1 is 0.850 bits per heavy atom. The topological polar surface area (TPSA) is 76.9 Å². The van der Waals surface area contributed by atoms with E-state index in [-0.39, 0.29) is 0 Å². The zero-order chi connectivity index (χ0) is 15.1. The van der Waals surface area contributed by atoms with Gasteiger partial charge in [-0.3, -0.25) is 0 Å². The van der Waals surface area contributed by atoms with Gasteiger partial charge in [-0.25, -0.2) is 9.51 Å². The highest BCUT2D eigenvalue weighted by Gasteiger charge is 2.23. The van der Waals surface area contributed by atoms with Crippen LogP contribution in [0.15, 0.2) is 17.6 Å². The molecule has 6 nitrogen and oxygen atoms in total. The molecule has 2 aromatic rings.